The fourth-order valence-electron chi connectivity index (χ4n) is 3.02. The summed E-state index contributed by atoms with van der Waals surface area (Å²) in [7, 11) is 0. The van der Waals surface area contributed by atoms with Gasteiger partial charge in [-0.15, -0.1) is 12.4 Å². The van der Waals surface area contributed by atoms with E-state index in [1.54, 1.807) is 0 Å². The molecule has 1 N–H and O–H groups in total. The van der Waals surface area contributed by atoms with E-state index in [-0.39, 0.29) is 12.4 Å². The van der Waals surface area contributed by atoms with Crippen molar-refractivity contribution in [3.05, 3.63) is 65.7 Å². The summed E-state index contributed by atoms with van der Waals surface area (Å²) < 4.78 is 0. The molecule has 1 unspecified atom stereocenters. The largest absolute Gasteiger partial charge is 0.372 e. The summed E-state index contributed by atoms with van der Waals surface area (Å²) in [6.07, 6.45) is 2.36. The van der Waals surface area contributed by atoms with E-state index in [1.807, 2.05) is 0 Å². The molecule has 0 spiro atoms. The minimum Gasteiger partial charge on any atom is -0.372 e. The van der Waals surface area contributed by atoms with Crippen molar-refractivity contribution in [3.8, 4) is 0 Å². The normalized spacial score (nSPS) is 11.6. The Morgan fingerprint density at radius 2 is 1.50 bits per heavy atom. The van der Waals surface area contributed by atoms with Gasteiger partial charge in [0.15, 0.2) is 0 Å². The molecule has 3 heteroatoms. The molecule has 2 nitrogen and oxygen atoms in total. The summed E-state index contributed by atoms with van der Waals surface area (Å²) in [6.45, 7) is 9.68. The van der Waals surface area contributed by atoms with Crippen LogP contribution in [0.3, 0.4) is 0 Å². The quantitative estimate of drug-likeness (QED) is 0.637. The Kier molecular flexibility index (Phi) is 9.51. The minimum absolute atomic E-state index is 0. The highest BCUT2D eigenvalue weighted by atomic mass is 35.5. The van der Waals surface area contributed by atoms with Gasteiger partial charge in [0.25, 0.3) is 0 Å². The zero-order valence-corrected chi connectivity index (χ0v) is 16.0. The van der Waals surface area contributed by atoms with Gasteiger partial charge < -0.3 is 10.2 Å². The van der Waals surface area contributed by atoms with Crippen molar-refractivity contribution >= 4 is 18.1 Å². The van der Waals surface area contributed by atoms with E-state index in [2.05, 4.69) is 85.6 Å². The lowest BCUT2D eigenvalue weighted by Gasteiger charge is -2.22. The van der Waals surface area contributed by atoms with Crippen LogP contribution < -0.4 is 10.2 Å². The monoisotopic (exact) mass is 346 g/mol. The summed E-state index contributed by atoms with van der Waals surface area (Å²) in [4.78, 5) is 2.38. The second kappa shape index (κ2) is 11.1. The molecule has 24 heavy (non-hydrogen) atoms. The van der Waals surface area contributed by atoms with Crippen LogP contribution in [0.4, 0.5) is 5.69 Å². The Morgan fingerprint density at radius 1 is 0.875 bits per heavy atom. The van der Waals surface area contributed by atoms with Gasteiger partial charge in [0.2, 0.25) is 0 Å². The molecule has 0 aliphatic heterocycles. The molecule has 0 heterocycles. The van der Waals surface area contributed by atoms with E-state index in [4.69, 9.17) is 0 Å². The fraction of sp³-hybridized carbons (Fsp3) is 0.429. The van der Waals surface area contributed by atoms with Gasteiger partial charge in [-0.3, -0.25) is 0 Å². The maximum atomic E-state index is 3.72. The van der Waals surface area contributed by atoms with Crippen molar-refractivity contribution in [2.24, 2.45) is 0 Å². The Balaban J connectivity index is 0.00000288. The van der Waals surface area contributed by atoms with E-state index in [1.165, 1.54) is 29.7 Å². The number of nitrogens with one attached hydrogen (secondary N) is 1. The smallest absolute Gasteiger partial charge is 0.0366 e. The molecular weight excluding hydrogens is 316 g/mol. The molecule has 0 aliphatic rings. The van der Waals surface area contributed by atoms with Gasteiger partial charge in [0.1, 0.15) is 0 Å². The van der Waals surface area contributed by atoms with Crippen molar-refractivity contribution in [2.45, 2.75) is 46.2 Å². The molecule has 0 fully saturated rings. The van der Waals surface area contributed by atoms with Crippen LogP contribution in [0.15, 0.2) is 54.6 Å². The third-order valence-corrected chi connectivity index (χ3v) is 4.40. The molecule has 2 rings (SSSR count). The first kappa shape index (κ1) is 20.5. The molecule has 0 aromatic heterocycles. The molecular formula is C21H31ClN2. The number of halogens is 1. The number of benzene rings is 2. The summed E-state index contributed by atoms with van der Waals surface area (Å²) in [5.74, 6) is 0. The van der Waals surface area contributed by atoms with Crippen LogP contribution in [-0.2, 0) is 6.54 Å². The molecule has 0 amide bonds. The Morgan fingerprint density at radius 3 is 2.04 bits per heavy atom. The van der Waals surface area contributed by atoms with E-state index < -0.39 is 0 Å². The lowest BCUT2D eigenvalue weighted by molar-refractivity contribution is 0.493. The molecule has 0 saturated carbocycles. The molecule has 1 atom stereocenters. The molecule has 2 aromatic rings. The lowest BCUT2D eigenvalue weighted by atomic mass is 10.0. The molecule has 0 bridgehead atoms. The van der Waals surface area contributed by atoms with Crippen molar-refractivity contribution in [1.82, 2.24) is 5.32 Å². The predicted octanol–water partition coefficient (Wildman–Crippen LogP) is 5.59. The van der Waals surface area contributed by atoms with Gasteiger partial charge in [0, 0.05) is 31.4 Å². The number of hydrogen-bond donors (Lipinski definition) is 1. The second-order valence-corrected chi connectivity index (χ2v) is 5.97. The highest BCUT2D eigenvalue weighted by Crippen LogP contribution is 2.20. The third kappa shape index (κ3) is 5.85. The predicted molar refractivity (Wildman–Crippen MR) is 108 cm³/mol. The minimum atomic E-state index is 0. The zero-order chi connectivity index (χ0) is 16.5. The van der Waals surface area contributed by atoms with Crippen molar-refractivity contribution < 1.29 is 0 Å². The van der Waals surface area contributed by atoms with Crippen LogP contribution in [0, 0.1) is 0 Å². The highest BCUT2D eigenvalue weighted by molar-refractivity contribution is 5.85. The SMILES string of the molecule is CCCC(NCc1ccc(N(CC)CC)cc1)c1ccccc1.Cl. The molecule has 132 valence electrons. The van der Waals surface area contributed by atoms with E-state index in [0.717, 1.165) is 19.6 Å². The van der Waals surface area contributed by atoms with Crippen LogP contribution in [0.2, 0.25) is 0 Å². The van der Waals surface area contributed by atoms with Crippen LogP contribution in [0.25, 0.3) is 0 Å². The van der Waals surface area contributed by atoms with Gasteiger partial charge in [-0.2, -0.15) is 0 Å². The molecule has 0 saturated heterocycles. The lowest BCUT2D eigenvalue weighted by Crippen LogP contribution is -2.22. The standard InChI is InChI=1S/C21H30N2.ClH/c1-4-10-21(19-11-8-7-9-12-19)22-17-18-13-15-20(16-14-18)23(5-2)6-3;/h7-9,11-16,21-22H,4-6,10,17H2,1-3H3;1H. The zero-order valence-electron chi connectivity index (χ0n) is 15.2. The Labute approximate surface area is 153 Å². The van der Waals surface area contributed by atoms with Gasteiger partial charge in [-0.05, 0) is 43.5 Å². The van der Waals surface area contributed by atoms with Gasteiger partial charge >= 0.3 is 0 Å². The van der Waals surface area contributed by atoms with Crippen LogP contribution in [0.5, 0.6) is 0 Å². The summed E-state index contributed by atoms with van der Waals surface area (Å²) >= 11 is 0. The van der Waals surface area contributed by atoms with Crippen molar-refractivity contribution in [2.75, 3.05) is 18.0 Å². The summed E-state index contributed by atoms with van der Waals surface area (Å²) in [6, 6.07) is 20.2. The number of anilines is 1. The maximum Gasteiger partial charge on any atom is 0.0366 e. The van der Waals surface area contributed by atoms with Gasteiger partial charge in [-0.25, -0.2) is 0 Å². The maximum absolute atomic E-state index is 3.72. The van der Waals surface area contributed by atoms with Gasteiger partial charge in [0.05, 0.1) is 0 Å². The van der Waals surface area contributed by atoms with Crippen LogP contribution >= 0.6 is 12.4 Å². The number of rotatable bonds is 9. The third-order valence-electron chi connectivity index (χ3n) is 4.40. The second-order valence-electron chi connectivity index (χ2n) is 5.97. The molecule has 0 aliphatic carbocycles. The van der Waals surface area contributed by atoms with Crippen LogP contribution in [0.1, 0.15) is 50.8 Å². The first-order chi connectivity index (χ1) is 11.3. The van der Waals surface area contributed by atoms with Crippen molar-refractivity contribution in [3.63, 3.8) is 0 Å². The van der Waals surface area contributed by atoms with Crippen LogP contribution in [-0.4, -0.2) is 13.1 Å². The summed E-state index contributed by atoms with van der Waals surface area (Å²) in [5, 5.41) is 3.72. The van der Waals surface area contributed by atoms with Gasteiger partial charge in [-0.1, -0.05) is 55.8 Å². The average molecular weight is 347 g/mol. The fourth-order valence-corrected chi connectivity index (χ4v) is 3.02. The Hall–Kier alpha value is -1.51. The average Bonchev–Trinajstić information content (AvgIpc) is 2.61. The van der Waals surface area contributed by atoms with E-state index in [0.29, 0.717) is 6.04 Å². The molecule has 0 radical (unpaired) electrons. The summed E-state index contributed by atoms with van der Waals surface area (Å²) in [5.41, 5.74) is 4.04. The number of hydrogen-bond acceptors (Lipinski definition) is 2. The van der Waals surface area contributed by atoms with Crippen molar-refractivity contribution in [1.29, 1.82) is 0 Å². The Bertz CT molecular complexity index is 550. The first-order valence-electron chi connectivity index (χ1n) is 8.90. The molecule has 2 aromatic carbocycles. The van der Waals surface area contributed by atoms with E-state index >= 15 is 0 Å². The first-order valence-corrected chi connectivity index (χ1v) is 8.90. The number of nitrogens with zero attached hydrogens (tertiary/aromatic N) is 1. The highest BCUT2D eigenvalue weighted by Gasteiger charge is 2.09. The topological polar surface area (TPSA) is 15.3 Å². The van der Waals surface area contributed by atoms with E-state index in [9.17, 15) is 0 Å².